The van der Waals surface area contributed by atoms with Crippen molar-refractivity contribution >= 4 is 24.0 Å². The maximum absolute atomic E-state index is 13.1. The SMILES string of the molecule is CC(C)c1ccc2c(c1)CCCN2C(=O)c1n[nH]c2c1CNCC2.Cl. The monoisotopic (exact) mass is 360 g/mol. The average Bonchev–Trinajstić information content (AvgIpc) is 3.04. The molecule has 0 radical (unpaired) electrons. The van der Waals surface area contributed by atoms with E-state index in [9.17, 15) is 4.79 Å². The van der Waals surface area contributed by atoms with Crippen LogP contribution < -0.4 is 10.2 Å². The first-order chi connectivity index (χ1) is 11.6. The number of H-pyrrole nitrogens is 1. The minimum absolute atomic E-state index is 0. The second-order valence-electron chi connectivity index (χ2n) is 7.06. The van der Waals surface area contributed by atoms with E-state index >= 15 is 0 Å². The Bertz CT molecular complexity index is 784. The Hall–Kier alpha value is -1.85. The highest BCUT2D eigenvalue weighted by atomic mass is 35.5. The van der Waals surface area contributed by atoms with Crippen molar-refractivity contribution in [3.05, 3.63) is 46.3 Å². The van der Waals surface area contributed by atoms with Gasteiger partial charge in [0.05, 0.1) is 0 Å². The predicted molar refractivity (Wildman–Crippen MR) is 102 cm³/mol. The zero-order chi connectivity index (χ0) is 16.7. The zero-order valence-corrected chi connectivity index (χ0v) is 15.6. The van der Waals surface area contributed by atoms with Gasteiger partial charge in [0.15, 0.2) is 5.69 Å². The van der Waals surface area contributed by atoms with Gasteiger partial charge in [-0.2, -0.15) is 5.10 Å². The van der Waals surface area contributed by atoms with Crippen molar-refractivity contribution in [3.8, 4) is 0 Å². The zero-order valence-electron chi connectivity index (χ0n) is 14.8. The maximum Gasteiger partial charge on any atom is 0.279 e. The van der Waals surface area contributed by atoms with E-state index in [0.29, 0.717) is 11.6 Å². The molecule has 4 rings (SSSR count). The van der Waals surface area contributed by atoms with Crippen molar-refractivity contribution in [2.24, 2.45) is 0 Å². The van der Waals surface area contributed by atoms with E-state index in [4.69, 9.17) is 0 Å². The number of fused-ring (bicyclic) bond motifs is 2. The van der Waals surface area contributed by atoms with Gasteiger partial charge < -0.3 is 10.2 Å². The molecule has 1 aromatic carbocycles. The molecule has 5 nitrogen and oxygen atoms in total. The fourth-order valence-electron chi connectivity index (χ4n) is 3.72. The van der Waals surface area contributed by atoms with E-state index in [-0.39, 0.29) is 18.3 Å². The highest BCUT2D eigenvalue weighted by molar-refractivity contribution is 6.06. The van der Waals surface area contributed by atoms with E-state index in [1.807, 2.05) is 4.90 Å². The van der Waals surface area contributed by atoms with E-state index < -0.39 is 0 Å². The number of aromatic amines is 1. The standard InChI is InChI=1S/C19H24N4O.ClH/c1-12(2)13-5-6-17-14(10-13)4-3-9-23(17)19(24)18-15-11-20-8-7-16(15)21-22-18;/h5-6,10,12,20H,3-4,7-9,11H2,1-2H3,(H,21,22);1H. The summed E-state index contributed by atoms with van der Waals surface area (Å²) in [5.41, 5.74) is 6.39. The highest BCUT2D eigenvalue weighted by Gasteiger charge is 2.29. The van der Waals surface area contributed by atoms with E-state index in [0.717, 1.165) is 55.8 Å². The number of anilines is 1. The van der Waals surface area contributed by atoms with Crippen LogP contribution in [-0.2, 0) is 19.4 Å². The summed E-state index contributed by atoms with van der Waals surface area (Å²) in [7, 11) is 0. The molecular formula is C19H25ClN4O. The molecule has 0 unspecified atom stereocenters. The molecule has 0 fully saturated rings. The van der Waals surface area contributed by atoms with Gasteiger partial charge in [-0.1, -0.05) is 26.0 Å². The van der Waals surface area contributed by atoms with Gasteiger partial charge in [0, 0.05) is 43.0 Å². The summed E-state index contributed by atoms with van der Waals surface area (Å²) in [6, 6.07) is 6.52. The third kappa shape index (κ3) is 3.18. The predicted octanol–water partition coefficient (Wildman–Crippen LogP) is 3.19. The third-order valence-electron chi connectivity index (χ3n) is 5.14. The number of halogens is 1. The minimum Gasteiger partial charge on any atom is -0.312 e. The first-order valence-electron chi connectivity index (χ1n) is 8.86. The fourth-order valence-corrected chi connectivity index (χ4v) is 3.72. The quantitative estimate of drug-likeness (QED) is 0.864. The molecule has 6 heteroatoms. The van der Waals surface area contributed by atoms with Gasteiger partial charge in [0.2, 0.25) is 0 Å². The van der Waals surface area contributed by atoms with Crippen LogP contribution in [-0.4, -0.2) is 29.2 Å². The van der Waals surface area contributed by atoms with Crippen molar-refractivity contribution in [1.82, 2.24) is 15.5 Å². The first kappa shape index (κ1) is 18.0. The molecule has 0 saturated heterocycles. The van der Waals surface area contributed by atoms with Crippen molar-refractivity contribution in [2.45, 2.75) is 45.6 Å². The summed E-state index contributed by atoms with van der Waals surface area (Å²) < 4.78 is 0. The van der Waals surface area contributed by atoms with Crippen LogP contribution in [0.25, 0.3) is 0 Å². The molecule has 2 aliphatic rings. The Morgan fingerprint density at radius 1 is 1.28 bits per heavy atom. The van der Waals surface area contributed by atoms with Crippen molar-refractivity contribution < 1.29 is 4.79 Å². The van der Waals surface area contributed by atoms with E-state index in [1.165, 1.54) is 11.1 Å². The lowest BCUT2D eigenvalue weighted by Gasteiger charge is -2.30. The fraction of sp³-hybridized carbons (Fsp3) is 0.474. The normalized spacial score (nSPS) is 16.2. The smallest absolute Gasteiger partial charge is 0.279 e. The average molecular weight is 361 g/mol. The Morgan fingerprint density at radius 2 is 2.12 bits per heavy atom. The molecule has 0 aliphatic carbocycles. The van der Waals surface area contributed by atoms with Gasteiger partial charge in [-0.15, -0.1) is 12.4 Å². The number of hydrogen-bond acceptors (Lipinski definition) is 3. The molecule has 2 aliphatic heterocycles. The lowest BCUT2D eigenvalue weighted by Crippen LogP contribution is -2.37. The molecule has 0 saturated carbocycles. The van der Waals surface area contributed by atoms with Crippen LogP contribution >= 0.6 is 12.4 Å². The Labute approximate surface area is 154 Å². The summed E-state index contributed by atoms with van der Waals surface area (Å²) in [5, 5.41) is 10.7. The van der Waals surface area contributed by atoms with Crippen LogP contribution in [0.1, 0.15) is 59.1 Å². The van der Waals surface area contributed by atoms with Crippen molar-refractivity contribution in [1.29, 1.82) is 0 Å². The summed E-state index contributed by atoms with van der Waals surface area (Å²) >= 11 is 0. The second-order valence-corrected chi connectivity index (χ2v) is 7.06. The number of hydrogen-bond donors (Lipinski definition) is 2. The summed E-state index contributed by atoms with van der Waals surface area (Å²) in [4.78, 5) is 15.0. The Balaban J connectivity index is 0.00000182. The van der Waals surface area contributed by atoms with Gasteiger partial charge in [0.25, 0.3) is 5.91 Å². The Morgan fingerprint density at radius 3 is 2.92 bits per heavy atom. The van der Waals surface area contributed by atoms with E-state index in [1.54, 1.807) is 0 Å². The number of benzene rings is 1. The molecule has 0 bridgehead atoms. The maximum atomic E-state index is 13.1. The van der Waals surface area contributed by atoms with Crippen LogP contribution in [0.5, 0.6) is 0 Å². The summed E-state index contributed by atoms with van der Waals surface area (Å²) in [6.45, 7) is 6.84. The number of nitrogens with one attached hydrogen (secondary N) is 2. The molecule has 0 atom stereocenters. The van der Waals surface area contributed by atoms with Gasteiger partial charge in [-0.25, -0.2) is 0 Å². The van der Waals surface area contributed by atoms with Gasteiger partial charge in [-0.3, -0.25) is 9.89 Å². The van der Waals surface area contributed by atoms with Crippen molar-refractivity contribution in [2.75, 3.05) is 18.0 Å². The number of carbonyl (C=O) groups excluding carboxylic acids is 1. The van der Waals surface area contributed by atoms with Gasteiger partial charge in [-0.05, 0) is 36.0 Å². The van der Waals surface area contributed by atoms with Crippen LogP contribution in [0.15, 0.2) is 18.2 Å². The van der Waals surface area contributed by atoms with E-state index in [2.05, 4.69) is 47.6 Å². The highest BCUT2D eigenvalue weighted by Crippen LogP contribution is 2.31. The van der Waals surface area contributed by atoms with Gasteiger partial charge >= 0.3 is 0 Å². The Kier molecular flexibility index (Phi) is 5.16. The molecule has 2 N–H and O–H groups in total. The molecule has 1 amide bonds. The molecule has 134 valence electrons. The number of nitrogens with zero attached hydrogens (tertiary/aromatic N) is 2. The third-order valence-corrected chi connectivity index (χ3v) is 5.14. The van der Waals surface area contributed by atoms with Gasteiger partial charge in [0.1, 0.15) is 0 Å². The summed E-state index contributed by atoms with van der Waals surface area (Å²) in [5.74, 6) is 0.528. The minimum atomic E-state index is 0. The lowest BCUT2D eigenvalue weighted by atomic mass is 9.94. The molecule has 3 heterocycles. The van der Waals surface area contributed by atoms with Crippen LogP contribution in [0, 0.1) is 0 Å². The molecule has 1 aromatic heterocycles. The number of carbonyl (C=O) groups is 1. The van der Waals surface area contributed by atoms with Crippen molar-refractivity contribution in [3.63, 3.8) is 0 Å². The van der Waals surface area contributed by atoms with Crippen LogP contribution in [0.2, 0.25) is 0 Å². The number of amides is 1. The number of rotatable bonds is 2. The molecule has 0 spiro atoms. The molecular weight excluding hydrogens is 336 g/mol. The largest absolute Gasteiger partial charge is 0.312 e. The number of aryl methyl sites for hydroxylation is 1. The van der Waals surface area contributed by atoms with Crippen LogP contribution in [0.4, 0.5) is 5.69 Å². The first-order valence-corrected chi connectivity index (χ1v) is 8.86. The topological polar surface area (TPSA) is 61.0 Å². The molecule has 2 aromatic rings. The molecule has 25 heavy (non-hydrogen) atoms. The lowest BCUT2D eigenvalue weighted by molar-refractivity contribution is 0.0979. The number of aromatic nitrogens is 2. The second kappa shape index (κ2) is 7.18. The summed E-state index contributed by atoms with van der Waals surface area (Å²) in [6.07, 6.45) is 2.95. The van der Waals surface area contributed by atoms with Crippen LogP contribution in [0.3, 0.4) is 0 Å².